The van der Waals surface area contributed by atoms with Gasteiger partial charge in [-0.2, -0.15) is 0 Å². The van der Waals surface area contributed by atoms with Crippen molar-refractivity contribution in [2.45, 2.75) is 25.4 Å². The smallest absolute Gasteiger partial charge is 0.320 e. The lowest BCUT2D eigenvalue weighted by molar-refractivity contribution is -0.142. The van der Waals surface area contributed by atoms with Gasteiger partial charge >= 0.3 is 5.97 Å². The molecule has 3 heterocycles. The van der Waals surface area contributed by atoms with E-state index >= 15 is 0 Å². The minimum atomic E-state index is -0.750. The van der Waals surface area contributed by atoms with Crippen molar-refractivity contribution < 1.29 is 14.3 Å². The summed E-state index contributed by atoms with van der Waals surface area (Å²) in [6.45, 7) is 1.33. The zero-order valence-corrected chi connectivity index (χ0v) is 13.3. The summed E-state index contributed by atoms with van der Waals surface area (Å²) >= 11 is 1.60. The molecule has 1 aliphatic heterocycles. The second kappa shape index (κ2) is 5.79. The molecule has 0 bridgehead atoms. The van der Waals surface area contributed by atoms with E-state index in [4.69, 9.17) is 4.42 Å². The first-order chi connectivity index (χ1) is 11.2. The van der Waals surface area contributed by atoms with Crippen LogP contribution in [0, 0.1) is 0 Å². The molecule has 1 saturated heterocycles. The normalized spacial score (nSPS) is 18.7. The number of thiazole rings is 1. The molecule has 0 saturated carbocycles. The Balaban J connectivity index is 1.55. The molecule has 0 radical (unpaired) electrons. The van der Waals surface area contributed by atoms with E-state index in [1.54, 1.807) is 11.3 Å². The molecule has 0 spiro atoms. The van der Waals surface area contributed by atoms with Crippen LogP contribution in [0.2, 0.25) is 0 Å². The van der Waals surface area contributed by atoms with Crippen LogP contribution >= 0.6 is 11.3 Å². The molecular formula is C17H16N2O3S. The van der Waals surface area contributed by atoms with Gasteiger partial charge in [0.15, 0.2) is 10.8 Å². The highest BCUT2D eigenvalue weighted by molar-refractivity contribution is 7.21. The third kappa shape index (κ3) is 2.75. The maximum absolute atomic E-state index is 11.2. The molecule has 0 amide bonds. The van der Waals surface area contributed by atoms with E-state index in [1.807, 2.05) is 41.3 Å². The standard InChI is InChI=1S/C17H16N2O3S/c20-17(21)13-5-3-9-19(13)10-11-7-8-14(22-11)16-18-12-4-1-2-6-15(12)23-16/h1-2,4,6-8,13H,3,5,9-10H2,(H,20,21). The van der Waals surface area contributed by atoms with Crippen molar-refractivity contribution in [3.63, 3.8) is 0 Å². The number of likely N-dealkylation sites (tertiary alicyclic amines) is 1. The molecule has 2 aromatic heterocycles. The van der Waals surface area contributed by atoms with Crippen LogP contribution in [0.25, 0.3) is 21.0 Å². The highest BCUT2D eigenvalue weighted by Crippen LogP contribution is 2.31. The molecule has 1 N–H and O–H groups in total. The van der Waals surface area contributed by atoms with Crippen LogP contribution in [-0.4, -0.2) is 33.5 Å². The highest BCUT2D eigenvalue weighted by Gasteiger charge is 2.30. The minimum absolute atomic E-state index is 0.397. The van der Waals surface area contributed by atoms with Crippen molar-refractivity contribution in [2.24, 2.45) is 0 Å². The number of aliphatic carboxylic acids is 1. The Hall–Kier alpha value is -2.18. The largest absolute Gasteiger partial charge is 0.480 e. The zero-order valence-electron chi connectivity index (χ0n) is 12.4. The van der Waals surface area contributed by atoms with Gasteiger partial charge in [-0.05, 0) is 43.7 Å². The maximum atomic E-state index is 11.2. The lowest BCUT2D eigenvalue weighted by Crippen LogP contribution is -2.35. The van der Waals surface area contributed by atoms with E-state index in [-0.39, 0.29) is 0 Å². The van der Waals surface area contributed by atoms with Gasteiger partial charge < -0.3 is 9.52 Å². The van der Waals surface area contributed by atoms with Gasteiger partial charge in [-0.15, -0.1) is 11.3 Å². The summed E-state index contributed by atoms with van der Waals surface area (Å²) in [6, 6.07) is 11.4. The van der Waals surface area contributed by atoms with Crippen LogP contribution in [-0.2, 0) is 11.3 Å². The predicted molar refractivity (Wildman–Crippen MR) is 88.4 cm³/mol. The van der Waals surface area contributed by atoms with Gasteiger partial charge in [-0.1, -0.05) is 12.1 Å². The Bertz CT molecular complexity index is 821. The number of para-hydroxylation sites is 1. The van der Waals surface area contributed by atoms with E-state index < -0.39 is 12.0 Å². The maximum Gasteiger partial charge on any atom is 0.320 e. The first-order valence-electron chi connectivity index (χ1n) is 7.62. The molecule has 1 aromatic carbocycles. The minimum Gasteiger partial charge on any atom is -0.480 e. The average Bonchev–Trinajstić information content (AvgIpc) is 3.25. The Morgan fingerprint density at radius 1 is 1.35 bits per heavy atom. The summed E-state index contributed by atoms with van der Waals surface area (Å²) in [5.41, 5.74) is 0.968. The van der Waals surface area contributed by atoms with Crippen LogP contribution in [0.3, 0.4) is 0 Å². The fourth-order valence-corrected chi connectivity index (χ4v) is 3.98. The van der Waals surface area contributed by atoms with Gasteiger partial charge in [-0.25, -0.2) is 4.98 Å². The van der Waals surface area contributed by atoms with Crippen molar-refractivity contribution in [3.05, 3.63) is 42.2 Å². The number of nitrogens with zero attached hydrogens (tertiary/aromatic N) is 2. The van der Waals surface area contributed by atoms with Crippen LogP contribution in [0.1, 0.15) is 18.6 Å². The molecule has 1 aliphatic rings. The summed E-state index contributed by atoms with van der Waals surface area (Å²) in [7, 11) is 0. The average molecular weight is 328 g/mol. The molecule has 6 heteroatoms. The summed E-state index contributed by atoms with van der Waals surface area (Å²) in [6.07, 6.45) is 1.63. The van der Waals surface area contributed by atoms with Crippen LogP contribution in [0.15, 0.2) is 40.8 Å². The van der Waals surface area contributed by atoms with Crippen LogP contribution in [0.5, 0.6) is 0 Å². The molecule has 1 atom stereocenters. The zero-order chi connectivity index (χ0) is 15.8. The molecule has 3 aromatic rings. The van der Waals surface area contributed by atoms with Gasteiger partial charge in [0.05, 0.1) is 16.8 Å². The number of furan rings is 1. The number of rotatable bonds is 4. The topological polar surface area (TPSA) is 66.6 Å². The first kappa shape index (κ1) is 14.4. The van der Waals surface area contributed by atoms with Gasteiger partial charge in [0.2, 0.25) is 0 Å². The molecule has 4 rings (SSSR count). The summed E-state index contributed by atoms with van der Waals surface area (Å²) in [5, 5.41) is 10.1. The molecule has 23 heavy (non-hydrogen) atoms. The fraction of sp³-hybridized carbons (Fsp3) is 0.294. The van der Waals surface area contributed by atoms with E-state index in [0.717, 1.165) is 39.7 Å². The van der Waals surface area contributed by atoms with Crippen molar-refractivity contribution in [2.75, 3.05) is 6.54 Å². The number of carbonyl (C=O) groups is 1. The van der Waals surface area contributed by atoms with Crippen LogP contribution < -0.4 is 0 Å². The van der Waals surface area contributed by atoms with Gasteiger partial charge in [0, 0.05) is 0 Å². The first-order valence-corrected chi connectivity index (χ1v) is 8.44. The summed E-state index contributed by atoms with van der Waals surface area (Å²) in [4.78, 5) is 17.8. The molecule has 1 fully saturated rings. The van der Waals surface area contributed by atoms with E-state index in [9.17, 15) is 9.90 Å². The Kier molecular flexibility index (Phi) is 3.63. The van der Waals surface area contributed by atoms with Crippen molar-refractivity contribution in [1.82, 2.24) is 9.88 Å². The van der Waals surface area contributed by atoms with Gasteiger partial charge in [0.25, 0.3) is 0 Å². The van der Waals surface area contributed by atoms with Crippen LogP contribution in [0.4, 0.5) is 0 Å². The lowest BCUT2D eigenvalue weighted by Gasteiger charge is -2.19. The SMILES string of the molecule is O=C(O)C1CCCN1Cc1ccc(-c2nc3ccccc3s2)o1. The monoisotopic (exact) mass is 328 g/mol. The lowest BCUT2D eigenvalue weighted by atomic mass is 10.2. The third-order valence-corrected chi connectivity index (χ3v) is 5.22. The van der Waals surface area contributed by atoms with Crippen molar-refractivity contribution >= 4 is 27.5 Å². The number of benzene rings is 1. The molecular weight excluding hydrogens is 312 g/mol. The molecule has 1 unspecified atom stereocenters. The van der Waals surface area contributed by atoms with E-state index in [1.165, 1.54) is 0 Å². The number of carboxylic acids is 1. The third-order valence-electron chi connectivity index (χ3n) is 4.17. The van der Waals surface area contributed by atoms with E-state index in [2.05, 4.69) is 4.98 Å². The predicted octanol–water partition coefficient (Wildman–Crippen LogP) is 3.61. The Morgan fingerprint density at radius 2 is 2.22 bits per heavy atom. The second-order valence-corrected chi connectivity index (χ2v) is 6.75. The number of fused-ring (bicyclic) bond motifs is 1. The summed E-state index contributed by atoms with van der Waals surface area (Å²) in [5.74, 6) is 0.778. The highest BCUT2D eigenvalue weighted by atomic mass is 32.1. The molecule has 0 aliphatic carbocycles. The number of hydrogen-bond acceptors (Lipinski definition) is 5. The van der Waals surface area contributed by atoms with Crippen molar-refractivity contribution in [1.29, 1.82) is 0 Å². The van der Waals surface area contributed by atoms with Gasteiger partial charge in [0.1, 0.15) is 11.8 Å². The molecule has 118 valence electrons. The van der Waals surface area contributed by atoms with E-state index in [0.29, 0.717) is 13.0 Å². The number of aromatic nitrogens is 1. The fourth-order valence-electron chi connectivity index (χ4n) is 3.05. The Morgan fingerprint density at radius 3 is 3.04 bits per heavy atom. The number of carboxylic acid groups (broad SMARTS) is 1. The summed E-state index contributed by atoms with van der Waals surface area (Å²) < 4.78 is 7.03. The van der Waals surface area contributed by atoms with Crippen molar-refractivity contribution in [3.8, 4) is 10.8 Å². The second-order valence-electron chi connectivity index (χ2n) is 5.72. The van der Waals surface area contributed by atoms with Gasteiger partial charge in [-0.3, -0.25) is 9.69 Å². The number of hydrogen-bond donors (Lipinski definition) is 1. The molecule has 5 nitrogen and oxygen atoms in total. The Labute approximate surface area is 137 Å². The quantitative estimate of drug-likeness (QED) is 0.792.